The third-order valence-corrected chi connectivity index (χ3v) is 3.93. The van der Waals surface area contributed by atoms with Crippen molar-refractivity contribution in [1.82, 2.24) is 5.32 Å². The zero-order valence-corrected chi connectivity index (χ0v) is 13.5. The van der Waals surface area contributed by atoms with Gasteiger partial charge >= 0.3 is 0 Å². The van der Waals surface area contributed by atoms with Crippen LogP contribution >= 0.6 is 11.6 Å². The molecule has 0 spiro atoms. The van der Waals surface area contributed by atoms with Gasteiger partial charge in [0.15, 0.2) is 0 Å². The second-order valence-electron chi connectivity index (χ2n) is 5.64. The molecule has 112 valence electrons. The van der Waals surface area contributed by atoms with E-state index in [2.05, 4.69) is 37.4 Å². The lowest BCUT2D eigenvalue weighted by molar-refractivity contribution is 0.555. The molecule has 0 fully saturated rings. The van der Waals surface area contributed by atoms with Crippen LogP contribution < -0.4 is 5.32 Å². The standard InChI is InChI=1S/C18H21ClFN/c1-12-6-13(2)8-15(7-12)10-16(21-3)9-14-4-5-18(20)17(19)11-14/h4-8,11,16,21H,9-10H2,1-3H3. The van der Waals surface area contributed by atoms with Gasteiger partial charge in [-0.05, 0) is 57.0 Å². The van der Waals surface area contributed by atoms with Crippen LogP contribution in [-0.2, 0) is 12.8 Å². The SMILES string of the molecule is CNC(Cc1cc(C)cc(C)c1)Cc1ccc(F)c(Cl)c1. The first-order chi connectivity index (χ1) is 9.97. The van der Waals surface area contributed by atoms with Crippen LogP contribution in [0.1, 0.15) is 22.3 Å². The van der Waals surface area contributed by atoms with Gasteiger partial charge in [-0.2, -0.15) is 0 Å². The molecule has 0 radical (unpaired) electrons. The molecule has 0 aliphatic carbocycles. The Balaban J connectivity index is 2.10. The summed E-state index contributed by atoms with van der Waals surface area (Å²) < 4.78 is 13.2. The molecule has 1 nitrogen and oxygen atoms in total. The van der Waals surface area contributed by atoms with Crippen LogP contribution in [-0.4, -0.2) is 13.1 Å². The summed E-state index contributed by atoms with van der Waals surface area (Å²) in [4.78, 5) is 0. The quantitative estimate of drug-likeness (QED) is 0.859. The molecule has 21 heavy (non-hydrogen) atoms. The van der Waals surface area contributed by atoms with Crippen molar-refractivity contribution in [3.8, 4) is 0 Å². The number of hydrogen-bond acceptors (Lipinski definition) is 1. The highest BCUT2D eigenvalue weighted by Crippen LogP contribution is 2.18. The average Bonchev–Trinajstić information content (AvgIpc) is 2.41. The lowest BCUT2D eigenvalue weighted by atomic mass is 9.97. The van der Waals surface area contributed by atoms with Crippen molar-refractivity contribution in [1.29, 1.82) is 0 Å². The molecule has 0 aliphatic heterocycles. The van der Waals surface area contributed by atoms with E-state index in [0.29, 0.717) is 6.04 Å². The summed E-state index contributed by atoms with van der Waals surface area (Å²) >= 11 is 5.85. The van der Waals surface area contributed by atoms with Gasteiger partial charge in [0.25, 0.3) is 0 Å². The zero-order valence-electron chi connectivity index (χ0n) is 12.7. The van der Waals surface area contributed by atoms with E-state index in [9.17, 15) is 4.39 Å². The predicted octanol–water partition coefficient (Wildman–Crippen LogP) is 4.47. The number of aryl methyl sites for hydroxylation is 2. The van der Waals surface area contributed by atoms with Crippen molar-refractivity contribution < 1.29 is 4.39 Å². The molecule has 0 amide bonds. The van der Waals surface area contributed by atoms with Crippen LogP contribution in [0.5, 0.6) is 0 Å². The summed E-state index contributed by atoms with van der Waals surface area (Å²) in [7, 11) is 1.96. The van der Waals surface area contributed by atoms with Crippen molar-refractivity contribution in [2.24, 2.45) is 0 Å². The molecule has 2 aromatic rings. The van der Waals surface area contributed by atoms with Crippen molar-refractivity contribution in [2.45, 2.75) is 32.7 Å². The van der Waals surface area contributed by atoms with Crippen molar-refractivity contribution in [2.75, 3.05) is 7.05 Å². The van der Waals surface area contributed by atoms with E-state index in [-0.39, 0.29) is 10.8 Å². The summed E-state index contributed by atoms with van der Waals surface area (Å²) in [6, 6.07) is 11.9. The third kappa shape index (κ3) is 4.55. The molecule has 1 unspecified atom stereocenters. The minimum absolute atomic E-state index is 0.189. The fourth-order valence-electron chi connectivity index (χ4n) is 2.70. The van der Waals surface area contributed by atoms with Gasteiger partial charge in [0, 0.05) is 6.04 Å². The molecule has 1 N–H and O–H groups in total. The lowest BCUT2D eigenvalue weighted by Gasteiger charge is -2.17. The number of likely N-dealkylation sites (N-methyl/N-ethyl adjacent to an activating group) is 1. The molecular weight excluding hydrogens is 285 g/mol. The highest BCUT2D eigenvalue weighted by molar-refractivity contribution is 6.30. The second-order valence-corrected chi connectivity index (χ2v) is 6.05. The van der Waals surface area contributed by atoms with Crippen LogP contribution in [0, 0.1) is 19.7 Å². The minimum atomic E-state index is -0.365. The Hall–Kier alpha value is -1.38. The number of benzene rings is 2. The Morgan fingerprint density at radius 3 is 2.19 bits per heavy atom. The maximum atomic E-state index is 13.2. The highest BCUT2D eigenvalue weighted by Gasteiger charge is 2.10. The molecule has 2 rings (SSSR count). The first kappa shape index (κ1) is 16.0. The van der Waals surface area contributed by atoms with Crippen LogP contribution in [0.3, 0.4) is 0 Å². The van der Waals surface area contributed by atoms with Crippen molar-refractivity contribution in [3.05, 3.63) is 69.5 Å². The lowest BCUT2D eigenvalue weighted by Crippen LogP contribution is -2.30. The average molecular weight is 306 g/mol. The molecule has 0 heterocycles. The fraction of sp³-hybridized carbons (Fsp3) is 0.333. The van der Waals surface area contributed by atoms with E-state index in [0.717, 1.165) is 18.4 Å². The minimum Gasteiger partial charge on any atom is -0.316 e. The van der Waals surface area contributed by atoms with Gasteiger partial charge in [-0.1, -0.05) is 47.0 Å². The van der Waals surface area contributed by atoms with Crippen LogP contribution in [0.4, 0.5) is 4.39 Å². The molecule has 0 saturated heterocycles. The normalized spacial score (nSPS) is 12.4. The van der Waals surface area contributed by atoms with E-state index in [1.54, 1.807) is 12.1 Å². The first-order valence-corrected chi connectivity index (χ1v) is 7.54. The number of rotatable bonds is 5. The van der Waals surface area contributed by atoms with Crippen LogP contribution in [0.15, 0.2) is 36.4 Å². The zero-order chi connectivity index (χ0) is 15.4. The number of halogens is 2. The Morgan fingerprint density at radius 2 is 1.62 bits per heavy atom. The third-order valence-electron chi connectivity index (χ3n) is 3.64. The summed E-state index contributed by atoms with van der Waals surface area (Å²) in [5.41, 5.74) is 4.93. The Kier molecular flexibility index (Phi) is 5.38. The number of hydrogen-bond donors (Lipinski definition) is 1. The molecule has 2 aromatic carbocycles. The molecule has 0 aliphatic rings. The van der Waals surface area contributed by atoms with Gasteiger partial charge in [0.2, 0.25) is 0 Å². The van der Waals surface area contributed by atoms with Crippen LogP contribution in [0.25, 0.3) is 0 Å². The number of nitrogens with one attached hydrogen (secondary N) is 1. The molecule has 3 heteroatoms. The van der Waals surface area contributed by atoms with Gasteiger partial charge in [-0.15, -0.1) is 0 Å². The Bertz CT molecular complexity index is 604. The Morgan fingerprint density at radius 1 is 1.00 bits per heavy atom. The molecule has 0 bridgehead atoms. The molecular formula is C18H21ClFN. The van der Waals surface area contributed by atoms with Gasteiger partial charge in [-0.3, -0.25) is 0 Å². The Labute approximate surface area is 131 Å². The smallest absolute Gasteiger partial charge is 0.141 e. The maximum absolute atomic E-state index is 13.2. The van der Waals surface area contributed by atoms with Gasteiger partial charge in [0.1, 0.15) is 5.82 Å². The molecule has 0 aromatic heterocycles. The van der Waals surface area contributed by atoms with E-state index >= 15 is 0 Å². The van der Waals surface area contributed by atoms with Gasteiger partial charge in [-0.25, -0.2) is 4.39 Å². The summed E-state index contributed by atoms with van der Waals surface area (Å²) in [6.07, 6.45) is 1.76. The first-order valence-electron chi connectivity index (χ1n) is 7.16. The van der Waals surface area contributed by atoms with E-state index < -0.39 is 0 Å². The largest absolute Gasteiger partial charge is 0.316 e. The van der Waals surface area contributed by atoms with E-state index in [1.165, 1.54) is 22.8 Å². The molecule has 0 saturated carbocycles. The second kappa shape index (κ2) is 7.06. The summed E-state index contributed by atoms with van der Waals surface area (Å²) in [5.74, 6) is -0.365. The van der Waals surface area contributed by atoms with Crippen molar-refractivity contribution in [3.63, 3.8) is 0 Å². The molecule has 1 atom stereocenters. The summed E-state index contributed by atoms with van der Waals surface area (Å²) in [6.45, 7) is 4.23. The van der Waals surface area contributed by atoms with Crippen molar-refractivity contribution >= 4 is 11.6 Å². The van der Waals surface area contributed by atoms with E-state index in [1.807, 2.05) is 7.05 Å². The fourth-order valence-corrected chi connectivity index (χ4v) is 2.90. The topological polar surface area (TPSA) is 12.0 Å². The van der Waals surface area contributed by atoms with Crippen LogP contribution in [0.2, 0.25) is 5.02 Å². The predicted molar refractivity (Wildman–Crippen MR) is 87.6 cm³/mol. The summed E-state index contributed by atoms with van der Waals surface area (Å²) in [5, 5.41) is 3.52. The van der Waals surface area contributed by atoms with Gasteiger partial charge in [0.05, 0.1) is 5.02 Å². The van der Waals surface area contributed by atoms with Gasteiger partial charge < -0.3 is 5.32 Å². The highest BCUT2D eigenvalue weighted by atomic mass is 35.5. The maximum Gasteiger partial charge on any atom is 0.141 e. The van der Waals surface area contributed by atoms with E-state index in [4.69, 9.17) is 11.6 Å². The monoisotopic (exact) mass is 305 g/mol.